The summed E-state index contributed by atoms with van der Waals surface area (Å²) in [6.45, 7) is 7.23. The molecular weight excluding hydrogens is 234 g/mol. The van der Waals surface area contributed by atoms with Crippen LogP contribution in [-0.4, -0.2) is 31.8 Å². The van der Waals surface area contributed by atoms with Gasteiger partial charge < -0.3 is 14.8 Å². The van der Waals surface area contributed by atoms with E-state index >= 15 is 0 Å². The van der Waals surface area contributed by atoms with Gasteiger partial charge in [-0.25, -0.2) is 4.79 Å². The molecule has 0 aromatic carbocycles. The quantitative estimate of drug-likeness (QED) is 0.510. The summed E-state index contributed by atoms with van der Waals surface area (Å²) in [6, 6.07) is 0. The van der Waals surface area contributed by atoms with Crippen LogP contribution in [0.4, 0.5) is 4.79 Å². The van der Waals surface area contributed by atoms with Crippen molar-refractivity contribution in [2.45, 2.75) is 46.5 Å². The fourth-order valence-electron chi connectivity index (χ4n) is 1.29. The van der Waals surface area contributed by atoms with E-state index in [0.29, 0.717) is 32.1 Å². The number of unbranched alkanes of at least 4 members (excludes halogenated alkanes) is 2. The monoisotopic (exact) mass is 259 g/mol. The number of amides is 1. The Bertz CT molecular complexity index is 241. The van der Waals surface area contributed by atoms with Crippen LogP contribution in [0.5, 0.6) is 0 Å². The van der Waals surface area contributed by atoms with Crippen molar-refractivity contribution < 1.29 is 19.1 Å². The molecule has 0 aromatic rings. The normalized spacial score (nSPS) is 10.2. The third-order valence-electron chi connectivity index (χ3n) is 2.18. The molecule has 5 heteroatoms. The lowest BCUT2D eigenvalue weighted by Crippen LogP contribution is -2.26. The van der Waals surface area contributed by atoms with Gasteiger partial charge in [-0.2, -0.15) is 0 Å². The van der Waals surface area contributed by atoms with E-state index in [2.05, 4.69) is 5.32 Å². The molecule has 0 rings (SSSR count). The molecule has 0 aromatic heterocycles. The third-order valence-corrected chi connectivity index (χ3v) is 2.18. The molecule has 0 aliphatic carbocycles. The maximum atomic E-state index is 11.2. The number of hydrogen-bond donors (Lipinski definition) is 1. The Hall–Kier alpha value is -1.26. The zero-order valence-corrected chi connectivity index (χ0v) is 11.7. The van der Waals surface area contributed by atoms with Gasteiger partial charge >= 0.3 is 12.1 Å². The lowest BCUT2D eigenvalue weighted by molar-refractivity contribution is -0.143. The summed E-state index contributed by atoms with van der Waals surface area (Å²) in [5.74, 6) is 0.196. The molecule has 0 saturated heterocycles. The van der Waals surface area contributed by atoms with Crippen LogP contribution in [0.15, 0.2) is 0 Å². The number of nitrogens with one attached hydrogen (secondary N) is 1. The minimum Gasteiger partial charge on any atom is -0.466 e. The zero-order chi connectivity index (χ0) is 13.8. The van der Waals surface area contributed by atoms with Crippen molar-refractivity contribution in [1.29, 1.82) is 0 Å². The van der Waals surface area contributed by atoms with Crippen molar-refractivity contribution >= 4 is 12.1 Å². The maximum absolute atomic E-state index is 11.2. The molecule has 0 radical (unpaired) electrons. The van der Waals surface area contributed by atoms with Crippen LogP contribution in [-0.2, 0) is 14.3 Å². The second kappa shape index (κ2) is 10.9. The van der Waals surface area contributed by atoms with Gasteiger partial charge in [0.2, 0.25) is 0 Å². The van der Waals surface area contributed by atoms with E-state index in [0.717, 1.165) is 19.3 Å². The average Bonchev–Trinajstić information content (AvgIpc) is 2.31. The first-order valence-corrected chi connectivity index (χ1v) is 6.62. The Balaban J connectivity index is 3.29. The summed E-state index contributed by atoms with van der Waals surface area (Å²) in [5.41, 5.74) is 0. The number of hydrogen-bond acceptors (Lipinski definition) is 4. The predicted molar refractivity (Wildman–Crippen MR) is 69.3 cm³/mol. The van der Waals surface area contributed by atoms with Crippen LogP contribution in [0.1, 0.15) is 46.5 Å². The summed E-state index contributed by atoms with van der Waals surface area (Å²) < 4.78 is 9.77. The van der Waals surface area contributed by atoms with Crippen LogP contribution < -0.4 is 5.32 Å². The second-order valence-electron chi connectivity index (χ2n) is 4.53. The highest BCUT2D eigenvalue weighted by atomic mass is 16.5. The summed E-state index contributed by atoms with van der Waals surface area (Å²) in [5, 5.41) is 2.67. The molecule has 0 aliphatic heterocycles. The van der Waals surface area contributed by atoms with Gasteiger partial charge in [0.05, 0.1) is 13.2 Å². The number of esters is 1. The van der Waals surface area contributed by atoms with Crippen molar-refractivity contribution in [2.75, 3.05) is 19.8 Å². The van der Waals surface area contributed by atoms with Gasteiger partial charge in [-0.1, -0.05) is 20.3 Å². The van der Waals surface area contributed by atoms with Crippen molar-refractivity contribution in [2.24, 2.45) is 5.92 Å². The Morgan fingerprint density at radius 1 is 1.11 bits per heavy atom. The topological polar surface area (TPSA) is 64.6 Å². The fraction of sp³-hybridized carbons (Fsp3) is 0.846. The number of carbonyl (C=O) groups excluding carboxylic acids is 2. The minimum atomic E-state index is -0.367. The van der Waals surface area contributed by atoms with Crippen LogP contribution >= 0.6 is 0 Å². The lowest BCUT2D eigenvalue weighted by Gasteiger charge is -2.08. The van der Waals surface area contributed by atoms with Gasteiger partial charge in [0.15, 0.2) is 0 Å². The van der Waals surface area contributed by atoms with E-state index in [4.69, 9.17) is 9.47 Å². The standard InChI is InChI=1S/C13H25NO4/c1-4-17-12(15)8-6-5-7-9-14-13(16)18-10-11(2)3/h11H,4-10H2,1-3H3,(H,14,16). The van der Waals surface area contributed by atoms with Gasteiger partial charge in [0, 0.05) is 13.0 Å². The van der Waals surface area contributed by atoms with E-state index < -0.39 is 0 Å². The number of carbonyl (C=O) groups is 2. The minimum absolute atomic E-state index is 0.151. The second-order valence-corrected chi connectivity index (χ2v) is 4.53. The van der Waals surface area contributed by atoms with Crippen molar-refractivity contribution in [1.82, 2.24) is 5.32 Å². The number of rotatable bonds is 9. The van der Waals surface area contributed by atoms with E-state index in [-0.39, 0.29) is 12.1 Å². The largest absolute Gasteiger partial charge is 0.466 e. The lowest BCUT2D eigenvalue weighted by atomic mass is 10.2. The SMILES string of the molecule is CCOC(=O)CCCCCNC(=O)OCC(C)C. The summed E-state index contributed by atoms with van der Waals surface area (Å²) in [4.78, 5) is 22.2. The summed E-state index contributed by atoms with van der Waals surface area (Å²) >= 11 is 0. The molecule has 0 heterocycles. The van der Waals surface area contributed by atoms with Crippen molar-refractivity contribution in [3.05, 3.63) is 0 Å². The Labute approximate surface area is 109 Å². The molecule has 0 unspecified atom stereocenters. The van der Waals surface area contributed by atoms with Gasteiger partial charge in [0.1, 0.15) is 0 Å². The van der Waals surface area contributed by atoms with E-state index in [1.165, 1.54) is 0 Å². The fourth-order valence-corrected chi connectivity index (χ4v) is 1.29. The number of alkyl carbamates (subject to hydrolysis) is 1. The first-order valence-electron chi connectivity index (χ1n) is 6.62. The summed E-state index contributed by atoms with van der Waals surface area (Å²) in [6.07, 6.45) is 2.61. The molecule has 0 spiro atoms. The Kier molecular flexibility index (Phi) is 10.1. The van der Waals surface area contributed by atoms with Gasteiger partial charge in [0.25, 0.3) is 0 Å². The highest BCUT2D eigenvalue weighted by Crippen LogP contribution is 2.01. The number of ether oxygens (including phenoxy) is 2. The van der Waals surface area contributed by atoms with Crippen molar-refractivity contribution in [3.63, 3.8) is 0 Å². The van der Waals surface area contributed by atoms with E-state index in [9.17, 15) is 9.59 Å². The Morgan fingerprint density at radius 3 is 2.44 bits per heavy atom. The summed E-state index contributed by atoms with van der Waals surface area (Å²) in [7, 11) is 0. The molecule has 0 fully saturated rings. The highest BCUT2D eigenvalue weighted by Gasteiger charge is 2.03. The van der Waals surface area contributed by atoms with E-state index in [1.807, 2.05) is 13.8 Å². The molecule has 0 atom stereocenters. The Morgan fingerprint density at radius 2 is 1.83 bits per heavy atom. The molecule has 5 nitrogen and oxygen atoms in total. The first-order chi connectivity index (χ1) is 8.56. The van der Waals surface area contributed by atoms with E-state index in [1.54, 1.807) is 6.92 Å². The molecular formula is C13H25NO4. The molecule has 0 aliphatic rings. The highest BCUT2D eigenvalue weighted by molar-refractivity contribution is 5.69. The molecule has 1 amide bonds. The smallest absolute Gasteiger partial charge is 0.407 e. The van der Waals surface area contributed by atoms with Crippen LogP contribution in [0.2, 0.25) is 0 Å². The van der Waals surface area contributed by atoms with Crippen LogP contribution in [0.3, 0.4) is 0 Å². The molecule has 0 bridgehead atoms. The van der Waals surface area contributed by atoms with Crippen LogP contribution in [0, 0.1) is 5.92 Å². The molecule has 0 saturated carbocycles. The molecule has 18 heavy (non-hydrogen) atoms. The van der Waals surface area contributed by atoms with Gasteiger partial charge in [-0.05, 0) is 25.7 Å². The predicted octanol–water partition coefficient (Wildman–Crippen LogP) is 2.49. The molecule has 106 valence electrons. The van der Waals surface area contributed by atoms with Gasteiger partial charge in [-0.3, -0.25) is 4.79 Å². The first kappa shape index (κ1) is 16.7. The third kappa shape index (κ3) is 11.2. The van der Waals surface area contributed by atoms with Crippen molar-refractivity contribution in [3.8, 4) is 0 Å². The van der Waals surface area contributed by atoms with Gasteiger partial charge in [-0.15, -0.1) is 0 Å². The molecule has 1 N–H and O–H groups in total. The zero-order valence-electron chi connectivity index (χ0n) is 11.7. The maximum Gasteiger partial charge on any atom is 0.407 e. The average molecular weight is 259 g/mol. The van der Waals surface area contributed by atoms with Crippen LogP contribution in [0.25, 0.3) is 0 Å².